The van der Waals surface area contributed by atoms with Crippen LogP contribution in [0.2, 0.25) is 0 Å². The maximum Gasteiger partial charge on any atom is 0.228 e. The summed E-state index contributed by atoms with van der Waals surface area (Å²) in [7, 11) is 2.02. The Kier molecular flexibility index (Phi) is 3.79. The second kappa shape index (κ2) is 5.17. The Bertz CT molecular complexity index is 363. The van der Waals surface area contributed by atoms with Gasteiger partial charge in [-0.2, -0.15) is 0 Å². The SMILES string of the molecule is CNC1CCN(C(=O)C23CC4CC(CC(C4)C2)C3)C1.Cl. The van der Waals surface area contributed by atoms with E-state index >= 15 is 0 Å². The number of nitrogens with one attached hydrogen (secondary N) is 1. The standard InChI is InChI=1S/C16H26N2O.ClH/c1-17-14-2-3-18(10-14)15(19)16-7-11-4-12(8-16)6-13(5-11)9-16;/h11-14,17H,2-10H2,1H3;1H. The van der Waals surface area contributed by atoms with Gasteiger partial charge in [-0.25, -0.2) is 0 Å². The number of likely N-dealkylation sites (tertiary alicyclic amines) is 1. The van der Waals surface area contributed by atoms with Gasteiger partial charge in [-0.05, 0) is 69.7 Å². The molecule has 0 spiro atoms. The Morgan fingerprint density at radius 1 is 1.10 bits per heavy atom. The van der Waals surface area contributed by atoms with Crippen molar-refractivity contribution in [1.82, 2.24) is 10.2 Å². The van der Waals surface area contributed by atoms with Gasteiger partial charge in [0.05, 0.1) is 5.41 Å². The third-order valence-electron chi connectivity index (χ3n) is 6.38. The first kappa shape index (κ1) is 14.6. The lowest BCUT2D eigenvalue weighted by Gasteiger charge is -2.56. The summed E-state index contributed by atoms with van der Waals surface area (Å²) in [5.74, 6) is 3.14. The van der Waals surface area contributed by atoms with E-state index in [2.05, 4.69) is 10.2 Å². The normalized spacial score (nSPS) is 45.5. The van der Waals surface area contributed by atoms with Crippen LogP contribution in [0.1, 0.15) is 44.9 Å². The topological polar surface area (TPSA) is 32.3 Å². The van der Waals surface area contributed by atoms with Crippen molar-refractivity contribution in [3.05, 3.63) is 0 Å². The first-order valence-electron chi connectivity index (χ1n) is 8.15. The summed E-state index contributed by atoms with van der Waals surface area (Å²) in [5.41, 5.74) is 0.0668. The zero-order chi connectivity index (χ0) is 13.0. The molecule has 5 aliphatic rings. The molecule has 0 aromatic rings. The van der Waals surface area contributed by atoms with Crippen LogP contribution in [0.4, 0.5) is 0 Å². The van der Waals surface area contributed by atoms with E-state index in [0.717, 1.165) is 37.3 Å². The summed E-state index contributed by atoms with van der Waals surface area (Å²) >= 11 is 0. The minimum Gasteiger partial charge on any atom is -0.341 e. The van der Waals surface area contributed by atoms with Crippen molar-refractivity contribution in [2.24, 2.45) is 23.2 Å². The lowest BCUT2D eigenvalue weighted by Crippen LogP contribution is -2.54. The highest BCUT2D eigenvalue weighted by Crippen LogP contribution is 2.60. The number of amides is 1. The van der Waals surface area contributed by atoms with E-state index in [-0.39, 0.29) is 17.8 Å². The average Bonchev–Trinajstić information content (AvgIpc) is 2.84. The zero-order valence-electron chi connectivity index (χ0n) is 12.4. The molecular weight excluding hydrogens is 272 g/mol. The third-order valence-corrected chi connectivity index (χ3v) is 6.38. The molecule has 4 bridgehead atoms. The van der Waals surface area contributed by atoms with Gasteiger partial charge >= 0.3 is 0 Å². The monoisotopic (exact) mass is 298 g/mol. The first-order valence-corrected chi connectivity index (χ1v) is 8.15. The maximum absolute atomic E-state index is 13.1. The number of hydrogen-bond acceptors (Lipinski definition) is 2. The Balaban J connectivity index is 0.00000121. The molecule has 4 saturated carbocycles. The molecule has 1 heterocycles. The smallest absolute Gasteiger partial charge is 0.228 e. The van der Waals surface area contributed by atoms with Gasteiger partial charge in [0.1, 0.15) is 0 Å². The van der Waals surface area contributed by atoms with E-state index in [0.29, 0.717) is 11.9 Å². The van der Waals surface area contributed by atoms with Crippen molar-refractivity contribution in [3.8, 4) is 0 Å². The van der Waals surface area contributed by atoms with Crippen LogP contribution in [-0.4, -0.2) is 37.0 Å². The van der Waals surface area contributed by atoms with Crippen molar-refractivity contribution in [2.45, 2.75) is 51.0 Å². The largest absolute Gasteiger partial charge is 0.341 e. The molecule has 1 aliphatic heterocycles. The number of carbonyl (C=O) groups is 1. The molecule has 1 N–H and O–H groups in total. The van der Waals surface area contributed by atoms with E-state index in [4.69, 9.17) is 0 Å². The third kappa shape index (κ3) is 2.18. The second-order valence-corrected chi connectivity index (χ2v) is 7.72. The van der Waals surface area contributed by atoms with Crippen molar-refractivity contribution >= 4 is 18.3 Å². The zero-order valence-corrected chi connectivity index (χ0v) is 13.3. The van der Waals surface area contributed by atoms with Crippen LogP contribution in [0.25, 0.3) is 0 Å². The number of carbonyl (C=O) groups excluding carboxylic acids is 1. The number of likely N-dealkylation sites (N-methyl/N-ethyl adjacent to an activating group) is 1. The highest BCUT2D eigenvalue weighted by molar-refractivity contribution is 5.85. The summed E-state index contributed by atoms with van der Waals surface area (Å²) in [6.45, 7) is 1.92. The molecule has 0 aromatic heterocycles. The summed E-state index contributed by atoms with van der Waals surface area (Å²) in [6, 6.07) is 0.526. The van der Waals surface area contributed by atoms with Gasteiger partial charge in [-0.3, -0.25) is 4.79 Å². The van der Waals surface area contributed by atoms with Crippen molar-refractivity contribution in [3.63, 3.8) is 0 Å². The van der Waals surface area contributed by atoms with Crippen molar-refractivity contribution < 1.29 is 4.79 Å². The molecule has 1 atom stereocenters. The van der Waals surface area contributed by atoms with Gasteiger partial charge in [-0.1, -0.05) is 0 Å². The van der Waals surface area contributed by atoms with Crippen LogP contribution in [0.3, 0.4) is 0 Å². The number of nitrogens with zero attached hydrogens (tertiary/aromatic N) is 1. The Morgan fingerprint density at radius 2 is 1.65 bits per heavy atom. The minimum absolute atomic E-state index is 0. The molecule has 1 unspecified atom stereocenters. The van der Waals surface area contributed by atoms with E-state index < -0.39 is 0 Å². The van der Waals surface area contributed by atoms with Gasteiger partial charge in [-0.15, -0.1) is 12.4 Å². The molecule has 1 saturated heterocycles. The van der Waals surface area contributed by atoms with Crippen LogP contribution in [0.5, 0.6) is 0 Å². The summed E-state index contributed by atoms with van der Waals surface area (Å²) in [6.07, 6.45) is 9.02. The Labute approximate surface area is 128 Å². The molecule has 1 amide bonds. The fourth-order valence-electron chi connectivity index (χ4n) is 5.89. The van der Waals surface area contributed by atoms with Gasteiger partial charge in [0.25, 0.3) is 0 Å². The van der Waals surface area contributed by atoms with Crippen molar-refractivity contribution in [1.29, 1.82) is 0 Å². The molecule has 0 aromatic carbocycles. The van der Waals surface area contributed by atoms with Crippen LogP contribution >= 0.6 is 12.4 Å². The average molecular weight is 299 g/mol. The minimum atomic E-state index is 0. The van der Waals surface area contributed by atoms with Crippen LogP contribution in [0, 0.1) is 23.2 Å². The fraction of sp³-hybridized carbons (Fsp3) is 0.938. The van der Waals surface area contributed by atoms with Crippen LogP contribution in [-0.2, 0) is 4.79 Å². The molecule has 4 heteroatoms. The van der Waals surface area contributed by atoms with Gasteiger partial charge in [0.15, 0.2) is 0 Å². The highest BCUT2D eigenvalue weighted by atomic mass is 35.5. The second-order valence-electron chi connectivity index (χ2n) is 7.72. The molecule has 5 rings (SSSR count). The molecule has 4 aliphatic carbocycles. The lowest BCUT2D eigenvalue weighted by atomic mass is 9.49. The lowest BCUT2D eigenvalue weighted by molar-refractivity contribution is -0.156. The van der Waals surface area contributed by atoms with E-state index in [1.54, 1.807) is 0 Å². The van der Waals surface area contributed by atoms with E-state index in [1.807, 2.05) is 7.05 Å². The van der Waals surface area contributed by atoms with E-state index in [9.17, 15) is 4.79 Å². The van der Waals surface area contributed by atoms with E-state index in [1.165, 1.54) is 38.5 Å². The number of hydrogen-bond donors (Lipinski definition) is 1. The molecule has 5 fully saturated rings. The highest BCUT2D eigenvalue weighted by Gasteiger charge is 2.55. The van der Waals surface area contributed by atoms with Gasteiger partial charge in [0, 0.05) is 19.1 Å². The van der Waals surface area contributed by atoms with Crippen molar-refractivity contribution in [2.75, 3.05) is 20.1 Å². The summed E-state index contributed by atoms with van der Waals surface area (Å²) in [5, 5.41) is 3.33. The molecule has 114 valence electrons. The summed E-state index contributed by atoms with van der Waals surface area (Å²) < 4.78 is 0. The predicted octanol–water partition coefficient (Wildman–Crippen LogP) is 2.44. The quantitative estimate of drug-likeness (QED) is 0.849. The molecule has 3 nitrogen and oxygen atoms in total. The Morgan fingerprint density at radius 3 is 2.10 bits per heavy atom. The molecular formula is C16H27ClN2O. The number of rotatable bonds is 2. The molecule has 0 radical (unpaired) electrons. The predicted molar refractivity (Wildman–Crippen MR) is 81.9 cm³/mol. The summed E-state index contributed by atoms with van der Waals surface area (Å²) in [4.78, 5) is 15.2. The van der Waals surface area contributed by atoms with Gasteiger partial charge < -0.3 is 10.2 Å². The van der Waals surface area contributed by atoms with Crippen LogP contribution < -0.4 is 5.32 Å². The molecule has 20 heavy (non-hydrogen) atoms. The fourth-order valence-corrected chi connectivity index (χ4v) is 5.89. The Hall–Kier alpha value is -0.280. The maximum atomic E-state index is 13.1. The first-order chi connectivity index (χ1) is 9.18. The van der Waals surface area contributed by atoms with Gasteiger partial charge in [0.2, 0.25) is 5.91 Å². The van der Waals surface area contributed by atoms with Crippen LogP contribution in [0.15, 0.2) is 0 Å². The number of halogens is 1.